The number of nitrogens with zero attached hydrogens (tertiary/aromatic N) is 5. The normalized spacial score (nSPS) is 13.9. The molecule has 2 atom stereocenters. The first-order chi connectivity index (χ1) is 23.3. The third-order valence-electron chi connectivity index (χ3n) is 8.53. The second-order valence-corrected chi connectivity index (χ2v) is 12.3. The van der Waals surface area contributed by atoms with Gasteiger partial charge in [-0.15, -0.1) is 0 Å². The van der Waals surface area contributed by atoms with Crippen LogP contribution in [0.3, 0.4) is 0 Å². The number of urea groups is 1. The molecule has 5 rings (SSSR count). The Bertz CT molecular complexity index is 1720. The van der Waals surface area contributed by atoms with E-state index < -0.39 is 12.0 Å². The van der Waals surface area contributed by atoms with Crippen LogP contribution in [0.1, 0.15) is 67.2 Å². The van der Waals surface area contributed by atoms with Crippen LogP contribution >= 0.6 is 0 Å². The molecule has 2 aromatic carbocycles. The summed E-state index contributed by atoms with van der Waals surface area (Å²) in [7, 11) is 1.94. The summed E-state index contributed by atoms with van der Waals surface area (Å²) in [5.74, 6) is -0.545. The number of pyridine rings is 2. The summed E-state index contributed by atoms with van der Waals surface area (Å²) in [5.41, 5.74) is 11.8. The molecular weight excluding hydrogens is 604 g/mol. The Labute approximate surface area is 281 Å². The van der Waals surface area contributed by atoms with E-state index in [9.17, 15) is 14.4 Å². The standard InChI is InChI=1S/C37H44N8O3/c1-26(38)36(47)41-16-5-3-4-6-19-44(2)43-35(21-31(25-46)29-10-9-27-8-7-17-40-34(27)20-29)28-11-13-33(14-12-28)42-37(48)45-23-30-15-18-39-22-32(30)24-45/h7-15,17-18,20,22,25-26,31H,3-6,16,19,21,23-24,38H2,1-2H3,(H,41,47)(H,42,48)/b43-35+. The fraction of sp³-hybridized carbons (Fsp3) is 0.351. The first-order valence-corrected chi connectivity index (χ1v) is 16.5. The largest absolute Gasteiger partial charge is 0.355 e. The number of nitrogens with two attached hydrogens (primary N) is 1. The number of fused-ring (bicyclic) bond motifs is 2. The summed E-state index contributed by atoms with van der Waals surface area (Å²) in [6.07, 6.45) is 10.5. The van der Waals surface area contributed by atoms with Crippen molar-refractivity contribution >= 4 is 40.5 Å². The Balaban J connectivity index is 1.25. The van der Waals surface area contributed by atoms with Gasteiger partial charge in [0, 0.05) is 75.2 Å². The maximum Gasteiger partial charge on any atom is 0.322 e. The van der Waals surface area contributed by atoms with Crippen molar-refractivity contribution in [2.75, 3.05) is 25.5 Å². The van der Waals surface area contributed by atoms with Crippen LogP contribution < -0.4 is 16.4 Å². The van der Waals surface area contributed by atoms with E-state index in [4.69, 9.17) is 10.8 Å². The van der Waals surface area contributed by atoms with Gasteiger partial charge < -0.3 is 26.1 Å². The van der Waals surface area contributed by atoms with Crippen molar-refractivity contribution in [3.05, 3.63) is 102 Å². The lowest BCUT2D eigenvalue weighted by atomic mass is 9.91. The zero-order valence-corrected chi connectivity index (χ0v) is 27.6. The number of hydrogen-bond acceptors (Lipinski definition) is 8. The topological polar surface area (TPSA) is 146 Å². The number of carbonyl (C=O) groups is 3. The summed E-state index contributed by atoms with van der Waals surface area (Å²) in [4.78, 5) is 47.5. The summed E-state index contributed by atoms with van der Waals surface area (Å²) in [5, 5.41) is 13.8. The molecule has 250 valence electrons. The molecule has 0 fully saturated rings. The molecule has 0 spiro atoms. The van der Waals surface area contributed by atoms with E-state index >= 15 is 0 Å². The number of benzene rings is 2. The molecule has 11 heteroatoms. The molecule has 11 nitrogen and oxygen atoms in total. The van der Waals surface area contributed by atoms with Gasteiger partial charge in [0.25, 0.3) is 0 Å². The van der Waals surface area contributed by atoms with E-state index in [1.54, 1.807) is 24.2 Å². The van der Waals surface area contributed by atoms with Gasteiger partial charge in [0.1, 0.15) is 6.29 Å². The zero-order valence-electron chi connectivity index (χ0n) is 27.6. The molecule has 3 amide bonds. The third-order valence-corrected chi connectivity index (χ3v) is 8.53. The maximum atomic E-state index is 13.0. The monoisotopic (exact) mass is 648 g/mol. The number of hydrogen-bond donors (Lipinski definition) is 3. The van der Waals surface area contributed by atoms with Crippen LogP contribution in [0.15, 0.2) is 84.4 Å². The first-order valence-electron chi connectivity index (χ1n) is 16.5. The number of anilines is 1. The highest BCUT2D eigenvalue weighted by Crippen LogP contribution is 2.26. The van der Waals surface area contributed by atoms with Crippen LogP contribution in [-0.4, -0.2) is 70.0 Å². The molecule has 2 unspecified atom stereocenters. The number of carbonyl (C=O) groups excluding carboxylic acids is 3. The third kappa shape index (κ3) is 9.22. The number of aldehydes is 1. The van der Waals surface area contributed by atoms with Gasteiger partial charge in [-0.3, -0.25) is 19.8 Å². The lowest BCUT2D eigenvalue weighted by Gasteiger charge is -2.19. The number of hydrazone groups is 1. The Kier molecular flexibility index (Phi) is 11.8. The predicted octanol–water partition coefficient (Wildman–Crippen LogP) is 5.21. The van der Waals surface area contributed by atoms with Crippen LogP contribution in [0.25, 0.3) is 10.9 Å². The lowest BCUT2D eigenvalue weighted by molar-refractivity contribution is -0.122. The van der Waals surface area contributed by atoms with Crippen molar-refractivity contribution in [1.82, 2.24) is 25.2 Å². The molecule has 0 radical (unpaired) electrons. The first kappa shape index (κ1) is 34.2. The summed E-state index contributed by atoms with van der Waals surface area (Å²) >= 11 is 0. The van der Waals surface area contributed by atoms with Gasteiger partial charge in [-0.25, -0.2) is 4.79 Å². The van der Waals surface area contributed by atoms with Crippen LogP contribution in [0.2, 0.25) is 0 Å². The predicted molar refractivity (Wildman–Crippen MR) is 188 cm³/mol. The quantitative estimate of drug-likeness (QED) is 0.0694. The lowest BCUT2D eigenvalue weighted by Crippen LogP contribution is -2.38. The Morgan fingerprint density at radius 3 is 2.58 bits per heavy atom. The fourth-order valence-corrected chi connectivity index (χ4v) is 5.74. The van der Waals surface area contributed by atoms with Crippen molar-refractivity contribution in [3.63, 3.8) is 0 Å². The maximum absolute atomic E-state index is 13.0. The molecule has 4 aromatic rings. The average molecular weight is 649 g/mol. The number of amides is 3. The van der Waals surface area contributed by atoms with E-state index in [2.05, 4.69) is 20.6 Å². The van der Waals surface area contributed by atoms with Gasteiger partial charge in [-0.05, 0) is 72.4 Å². The van der Waals surface area contributed by atoms with Crippen molar-refractivity contribution in [2.45, 2.75) is 64.1 Å². The molecule has 0 saturated heterocycles. The summed E-state index contributed by atoms with van der Waals surface area (Å²) in [6.45, 7) is 4.11. The van der Waals surface area contributed by atoms with Crippen molar-refractivity contribution < 1.29 is 14.4 Å². The molecule has 0 aliphatic carbocycles. The van der Waals surface area contributed by atoms with Gasteiger partial charge in [-0.2, -0.15) is 5.10 Å². The van der Waals surface area contributed by atoms with Crippen molar-refractivity contribution in [2.24, 2.45) is 10.8 Å². The Morgan fingerprint density at radius 1 is 1.02 bits per heavy atom. The Morgan fingerprint density at radius 2 is 1.81 bits per heavy atom. The summed E-state index contributed by atoms with van der Waals surface area (Å²) < 4.78 is 0. The smallest absolute Gasteiger partial charge is 0.322 e. The zero-order chi connectivity index (χ0) is 33.9. The minimum atomic E-state index is -0.497. The average Bonchev–Trinajstić information content (AvgIpc) is 3.54. The highest BCUT2D eigenvalue weighted by atomic mass is 16.2. The number of nitrogens with one attached hydrogen (secondary N) is 2. The minimum Gasteiger partial charge on any atom is -0.355 e. The van der Waals surface area contributed by atoms with E-state index in [-0.39, 0.29) is 11.9 Å². The van der Waals surface area contributed by atoms with Crippen LogP contribution in [0.5, 0.6) is 0 Å². The highest BCUT2D eigenvalue weighted by Gasteiger charge is 2.23. The van der Waals surface area contributed by atoms with Gasteiger partial charge in [-0.1, -0.05) is 43.2 Å². The second kappa shape index (κ2) is 16.6. The van der Waals surface area contributed by atoms with Crippen LogP contribution in [0, 0.1) is 0 Å². The second-order valence-electron chi connectivity index (χ2n) is 12.3. The number of aromatic nitrogens is 2. The van der Waals surface area contributed by atoms with Gasteiger partial charge in [0.15, 0.2) is 0 Å². The van der Waals surface area contributed by atoms with E-state index in [0.717, 1.165) is 77.4 Å². The van der Waals surface area contributed by atoms with Crippen LogP contribution in [0.4, 0.5) is 10.5 Å². The molecule has 3 heterocycles. The van der Waals surface area contributed by atoms with Gasteiger partial charge in [0.2, 0.25) is 5.91 Å². The minimum absolute atomic E-state index is 0.129. The van der Waals surface area contributed by atoms with Crippen molar-refractivity contribution in [1.29, 1.82) is 0 Å². The molecule has 4 N–H and O–H groups in total. The van der Waals surface area contributed by atoms with Crippen LogP contribution in [-0.2, 0) is 22.7 Å². The van der Waals surface area contributed by atoms with Gasteiger partial charge in [0.05, 0.1) is 17.3 Å². The molecule has 1 aliphatic rings. The SMILES string of the molecule is CC(N)C(=O)NCCCCCCN(C)/N=C(\CC(C=O)c1ccc2cccnc2c1)c1ccc(NC(=O)N2Cc3ccncc3C2)cc1. The van der Waals surface area contributed by atoms with Gasteiger partial charge >= 0.3 is 6.03 Å². The number of rotatable bonds is 15. The molecular formula is C37H44N8O3. The highest BCUT2D eigenvalue weighted by molar-refractivity contribution is 6.03. The number of unbranched alkanes of at least 4 members (excludes halogenated alkanes) is 3. The molecule has 0 bridgehead atoms. The molecule has 0 saturated carbocycles. The van der Waals surface area contributed by atoms with E-state index in [0.29, 0.717) is 31.7 Å². The molecule has 48 heavy (non-hydrogen) atoms. The molecule has 2 aromatic heterocycles. The Hall–Kier alpha value is -5.16. The van der Waals surface area contributed by atoms with E-state index in [1.165, 1.54) is 0 Å². The fourth-order valence-electron chi connectivity index (χ4n) is 5.74. The van der Waals surface area contributed by atoms with Crippen molar-refractivity contribution in [3.8, 4) is 0 Å². The summed E-state index contributed by atoms with van der Waals surface area (Å²) in [6, 6.07) is 18.7. The molecule has 1 aliphatic heterocycles. The van der Waals surface area contributed by atoms with E-state index in [1.807, 2.05) is 78.9 Å².